The molecule has 0 saturated heterocycles. The molecule has 0 aliphatic heterocycles. The van der Waals surface area contributed by atoms with Crippen LogP contribution in [-0.4, -0.2) is 25.5 Å². The Morgan fingerprint density at radius 3 is 2.46 bits per heavy atom. The maximum Gasteiger partial charge on any atom is 0.337 e. The van der Waals surface area contributed by atoms with Crippen molar-refractivity contribution in [2.45, 2.75) is 13.8 Å². The van der Waals surface area contributed by atoms with E-state index in [1.165, 1.54) is 19.2 Å². The Hall–Kier alpha value is -2.89. The van der Waals surface area contributed by atoms with Gasteiger partial charge in [-0.15, -0.1) is 0 Å². The molecule has 0 unspecified atom stereocenters. The van der Waals surface area contributed by atoms with Crippen LogP contribution in [0, 0.1) is 19.7 Å². The van der Waals surface area contributed by atoms with Crippen molar-refractivity contribution in [3.63, 3.8) is 0 Å². The molecule has 24 heavy (non-hydrogen) atoms. The van der Waals surface area contributed by atoms with Crippen molar-refractivity contribution in [2.75, 3.05) is 24.3 Å². The van der Waals surface area contributed by atoms with E-state index in [9.17, 15) is 14.0 Å². The van der Waals surface area contributed by atoms with Crippen LogP contribution < -0.4 is 10.6 Å². The van der Waals surface area contributed by atoms with Crippen molar-refractivity contribution in [1.82, 2.24) is 0 Å². The zero-order valence-corrected chi connectivity index (χ0v) is 13.8. The summed E-state index contributed by atoms with van der Waals surface area (Å²) >= 11 is 0. The molecule has 2 rings (SSSR count). The number of halogens is 1. The molecule has 6 heteroatoms. The molecule has 0 spiro atoms. The summed E-state index contributed by atoms with van der Waals surface area (Å²) in [5, 5.41) is 5.66. The number of esters is 1. The van der Waals surface area contributed by atoms with Gasteiger partial charge in [-0.1, -0.05) is 6.07 Å². The number of carbonyl (C=O) groups excluding carboxylic acids is 2. The molecular formula is C18H19FN2O3. The lowest BCUT2D eigenvalue weighted by atomic mass is 10.1. The second kappa shape index (κ2) is 7.59. The molecule has 126 valence electrons. The van der Waals surface area contributed by atoms with Gasteiger partial charge in [0.25, 0.3) is 0 Å². The Balaban J connectivity index is 1.99. The third-order valence-electron chi connectivity index (χ3n) is 3.56. The van der Waals surface area contributed by atoms with Gasteiger partial charge in [0.1, 0.15) is 5.82 Å². The number of nitrogens with one attached hydrogen (secondary N) is 2. The number of benzene rings is 2. The summed E-state index contributed by atoms with van der Waals surface area (Å²) in [5.74, 6) is -1.11. The van der Waals surface area contributed by atoms with Crippen molar-refractivity contribution >= 4 is 23.3 Å². The second-order valence-electron chi connectivity index (χ2n) is 5.38. The highest BCUT2D eigenvalue weighted by Crippen LogP contribution is 2.18. The van der Waals surface area contributed by atoms with E-state index < -0.39 is 11.8 Å². The quantitative estimate of drug-likeness (QED) is 0.826. The van der Waals surface area contributed by atoms with Crippen LogP contribution in [0.3, 0.4) is 0 Å². The van der Waals surface area contributed by atoms with Crippen LogP contribution in [0.5, 0.6) is 0 Å². The van der Waals surface area contributed by atoms with Crippen LogP contribution in [0.25, 0.3) is 0 Å². The lowest BCUT2D eigenvalue weighted by Gasteiger charge is -2.12. The van der Waals surface area contributed by atoms with E-state index in [1.807, 2.05) is 6.92 Å². The Kier molecular flexibility index (Phi) is 5.52. The number of amides is 1. The zero-order chi connectivity index (χ0) is 17.7. The number of methoxy groups -OCH3 is 1. The van der Waals surface area contributed by atoms with Gasteiger partial charge in [-0.25, -0.2) is 9.18 Å². The summed E-state index contributed by atoms with van der Waals surface area (Å²) in [7, 11) is 1.32. The first-order chi connectivity index (χ1) is 11.4. The predicted octanol–water partition coefficient (Wildman–Crippen LogP) is 3.28. The van der Waals surface area contributed by atoms with Gasteiger partial charge in [0.15, 0.2) is 0 Å². The number of ether oxygens (including phenoxy) is 1. The SMILES string of the molecule is COC(=O)c1ccc(NCC(=O)Nc2cc(F)ccc2C)c(C)c1. The van der Waals surface area contributed by atoms with E-state index in [0.29, 0.717) is 11.3 Å². The van der Waals surface area contributed by atoms with Crippen LogP contribution in [0.1, 0.15) is 21.5 Å². The van der Waals surface area contributed by atoms with Crippen molar-refractivity contribution in [2.24, 2.45) is 0 Å². The standard InChI is InChI=1S/C18H19FN2O3/c1-11-4-6-14(19)9-16(11)21-17(22)10-20-15-7-5-13(8-12(15)2)18(23)24-3/h4-9,20H,10H2,1-3H3,(H,21,22). The fourth-order valence-electron chi connectivity index (χ4n) is 2.21. The predicted molar refractivity (Wildman–Crippen MR) is 90.8 cm³/mol. The lowest BCUT2D eigenvalue weighted by molar-refractivity contribution is -0.114. The number of rotatable bonds is 5. The van der Waals surface area contributed by atoms with Gasteiger partial charge in [0, 0.05) is 11.4 Å². The van der Waals surface area contributed by atoms with Crippen LogP contribution in [0.4, 0.5) is 15.8 Å². The first kappa shape index (κ1) is 17.5. The number of aryl methyl sites for hydroxylation is 2. The van der Waals surface area contributed by atoms with Crippen molar-refractivity contribution in [1.29, 1.82) is 0 Å². The van der Waals surface area contributed by atoms with Gasteiger partial charge in [-0.3, -0.25) is 4.79 Å². The monoisotopic (exact) mass is 330 g/mol. The minimum absolute atomic E-state index is 0.0222. The molecule has 0 heterocycles. The first-order valence-electron chi connectivity index (χ1n) is 7.39. The highest BCUT2D eigenvalue weighted by atomic mass is 19.1. The van der Waals surface area contributed by atoms with Gasteiger partial charge in [0.2, 0.25) is 5.91 Å². The number of carbonyl (C=O) groups is 2. The van der Waals surface area contributed by atoms with Crippen molar-refractivity contribution in [3.8, 4) is 0 Å². The molecular weight excluding hydrogens is 311 g/mol. The molecule has 0 radical (unpaired) electrons. The largest absolute Gasteiger partial charge is 0.465 e. The van der Waals surface area contributed by atoms with Crippen LogP contribution in [0.15, 0.2) is 36.4 Å². The topological polar surface area (TPSA) is 67.4 Å². The average Bonchev–Trinajstić information content (AvgIpc) is 2.56. The molecule has 5 nitrogen and oxygen atoms in total. The van der Waals surface area contributed by atoms with E-state index in [0.717, 1.165) is 16.8 Å². The molecule has 2 N–H and O–H groups in total. The molecule has 0 fully saturated rings. The van der Waals surface area contributed by atoms with Gasteiger partial charge >= 0.3 is 5.97 Å². The Bertz CT molecular complexity index is 775. The summed E-state index contributed by atoms with van der Waals surface area (Å²) in [5.41, 5.74) is 3.21. The minimum Gasteiger partial charge on any atom is -0.465 e. The molecule has 0 bridgehead atoms. The summed E-state index contributed by atoms with van der Waals surface area (Å²) < 4.78 is 17.9. The average molecular weight is 330 g/mol. The Morgan fingerprint density at radius 1 is 1.04 bits per heavy atom. The van der Waals surface area contributed by atoms with E-state index in [-0.39, 0.29) is 12.5 Å². The van der Waals surface area contributed by atoms with E-state index in [1.54, 1.807) is 31.2 Å². The number of hydrogen-bond acceptors (Lipinski definition) is 4. The fraction of sp³-hybridized carbons (Fsp3) is 0.222. The third-order valence-corrected chi connectivity index (χ3v) is 3.56. The van der Waals surface area contributed by atoms with Crippen LogP contribution in [-0.2, 0) is 9.53 Å². The third kappa shape index (κ3) is 4.32. The Morgan fingerprint density at radius 2 is 1.79 bits per heavy atom. The molecule has 1 amide bonds. The molecule has 2 aromatic rings. The minimum atomic E-state index is -0.413. The highest BCUT2D eigenvalue weighted by molar-refractivity contribution is 5.95. The molecule has 0 aliphatic rings. The van der Waals surface area contributed by atoms with Crippen LogP contribution >= 0.6 is 0 Å². The maximum atomic E-state index is 13.2. The van der Waals surface area contributed by atoms with Gasteiger partial charge in [-0.2, -0.15) is 0 Å². The lowest BCUT2D eigenvalue weighted by Crippen LogP contribution is -2.22. The van der Waals surface area contributed by atoms with E-state index in [2.05, 4.69) is 15.4 Å². The second-order valence-corrected chi connectivity index (χ2v) is 5.38. The molecule has 0 atom stereocenters. The van der Waals surface area contributed by atoms with Gasteiger partial charge < -0.3 is 15.4 Å². The Labute approximate surface area is 139 Å². The van der Waals surface area contributed by atoms with Crippen molar-refractivity contribution in [3.05, 3.63) is 58.9 Å². The highest BCUT2D eigenvalue weighted by Gasteiger charge is 2.09. The van der Waals surface area contributed by atoms with Gasteiger partial charge in [-0.05, 0) is 55.3 Å². The maximum absolute atomic E-state index is 13.2. The summed E-state index contributed by atoms with van der Waals surface area (Å²) in [6.07, 6.45) is 0. The van der Waals surface area contributed by atoms with Gasteiger partial charge in [0.05, 0.1) is 19.2 Å². The van der Waals surface area contributed by atoms with Crippen LogP contribution in [0.2, 0.25) is 0 Å². The number of anilines is 2. The van der Waals surface area contributed by atoms with E-state index >= 15 is 0 Å². The number of hydrogen-bond donors (Lipinski definition) is 2. The molecule has 2 aromatic carbocycles. The summed E-state index contributed by atoms with van der Waals surface area (Å²) in [4.78, 5) is 23.5. The summed E-state index contributed by atoms with van der Waals surface area (Å²) in [6, 6.07) is 9.24. The zero-order valence-electron chi connectivity index (χ0n) is 13.8. The molecule has 0 saturated carbocycles. The van der Waals surface area contributed by atoms with E-state index in [4.69, 9.17) is 0 Å². The molecule has 0 aliphatic carbocycles. The molecule has 0 aromatic heterocycles. The summed E-state index contributed by atoms with van der Waals surface area (Å²) in [6.45, 7) is 3.63. The normalized spacial score (nSPS) is 10.2. The smallest absolute Gasteiger partial charge is 0.337 e. The first-order valence-corrected chi connectivity index (χ1v) is 7.39. The fourth-order valence-corrected chi connectivity index (χ4v) is 2.21. The van der Waals surface area contributed by atoms with Crippen molar-refractivity contribution < 1.29 is 18.7 Å².